The number of aromatic nitrogens is 3. The van der Waals surface area contributed by atoms with Gasteiger partial charge in [-0.3, -0.25) is 14.7 Å². The summed E-state index contributed by atoms with van der Waals surface area (Å²) in [5.74, 6) is -1.71. The number of benzene rings is 1. The van der Waals surface area contributed by atoms with Crippen molar-refractivity contribution in [1.82, 2.24) is 20.1 Å². The minimum absolute atomic E-state index is 0.167. The van der Waals surface area contributed by atoms with Crippen LogP contribution in [-0.2, 0) is 15.8 Å². The van der Waals surface area contributed by atoms with Gasteiger partial charge >= 0.3 is 18.0 Å². The van der Waals surface area contributed by atoms with Gasteiger partial charge in [-0.2, -0.15) is 18.3 Å². The van der Waals surface area contributed by atoms with E-state index in [4.69, 9.17) is 17.3 Å². The van der Waals surface area contributed by atoms with Crippen LogP contribution < -0.4 is 11.1 Å². The lowest BCUT2D eigenvalue weighted by Gasteiger charge is -2.26. The second kappa shape index (κ2) is 7.82. The molecule has 30 heavy (non-hydrogen) atoms. The van der Waals surface area contributed by atoms with E-state index in [1.807, 2.05) is 0 Å². The Morgan fingerprint density at radius 1 is 1.30 bits per heavy atom. The summed E-state index contributed by atoms with van der Waals surface area (Å²) in [4.78, 5) is 30.0. The molecule has 3 rings (SSSR count). The van der Waals surface area contributed by atoms with Crippen molar-refractivity contribution < 1.29 is 22.8 Å². The number of alkyl halides is 3. The van der Waals surface area contributed by atoms with Crippen LogP contribution in [-0.4, -0.2) is 38.9 Å². The van der Waals surface area contributed by atoms with Crippen LogP contribution in [0.5, 0.6) is 0 Å². The molecular weight excluding hydrogens is 425 g/mol. The molecule has 0 bridgehead atoms. The summed E-state index contributed by atoms with van der Waals surface area (Å²) in [5.41, 5.74) is 5.67. The van der Waals surface area contributed by atoms with Crippen LogP contribution in [0.2, 0.25) is 5.02 Å². The number of halogens is 4. The van der Waals surface area contributed by atoms with Gasteiger partial charge in [-0.25, -0.2) is 4.98 Å². The lowest BCUT2D eigenvalue weighted by atomic mass is 10.0. The average Bonchev–Trinajstić information content (AvgIpc) is 3.18. The quantitative estimate of drug-likeness (QED) is 0.540. The van der Waals surface area contributed by atoms with Crippen molar-refractivity contribution >= 4 is 45.8 Å². The predicted octanol–water partition coefficient (Wildman–Crippen LogP) is 3.37. The van der Waals surface area contributed by atoms with E-state index < -0.39 is 29.6 Å². The van der Waals surface area contributed by atoms with Gasteiger partial charge in [0.1, 0.15) is 5.82 Å². The summed E-state index contributed by atoms with van der Waals surface area (Å²) in [5, 5.41) is 9.21. The number of nitrogen functional groups attached to an aromatic ring is 1. The Morgan fingerprint density at radius 3 is 2.63 bits per heavy atom. The molecule has 1 unspecified atom stereocenters. The molecule has 0 saturated heterocycles. The molecule has 8 nitrogen and oxygen atoms in total. The van der Waals surface area contributed by atoms with Gasteiger partial charge in [-0.05, 0) is 24.6 Å². The van der Waals surface area contributed by atoms with E-state index in [1.54, 1.807) is 0 Å². The number of rotatable bonds is 3. The minimum Gasteiger partial charge on any atom is -0.383 e. The molecule has 12 heteroatoms. The van der Waals surface area contributed by atoms with Gasteiger partial charge < -0.3 is 16.0 Å². The van der Waals surface area contributed by atoms with E-state index in [-0.39, 0.29) is 22.1 Å². The maximum absolute atomic E-state index is 12.8. The van der Waals surface area contributed by atoms with E-state index in [9.17, 15) is 22.8 Å². The Morgan fingerprint density at radius 2 is 2.00 bits per heavy atom. The van der Waals surface area contributed by atoms with E-state index in [2.05, 4.69) is 20.5 Å². The second-order valence-corrected chi connectivity index (χ2v) is 6.90. The number of carbonyl (C=O) groups is 2. The number of fused-ring (bicyclic) bond motifs is 1. The molecule has 4 N–H and O–H groups in total. The van der Waals surface area contributed by atoms with Crippen molar-refractivity contribution in [2.45, 2.75) is 19.1 Å². The Hall–Kier alpha value is -3.34. The first-order valence-corrected chi connectivity index (χ1v) is 8.90. The zero-order valence-corrected chi connectivity index (χ0v) is 16.5. The van der Waals surface area contributed by atoms with Crippen LogP contribution in [0.4, 0.5) is 24.7 Å². The molecule has 3 aromatic rings. The number of nitrogens with one attached hydrogen (secondary N) is 2. The van der Waals surface area contributed by atoms with Gasteiger partial charge in [-0.1, -0.05) is 17.7 Å². The number of aromatic amines is 1. The number of H-pyrrole nitrogens is 1. The SMILES string of the molecule is CC(c1ccc(C(F)(F)F)cc1Cl)N(C)C(=O)C(=O)Nc1cnc(N)c2cn[nH]c12. The summed E-state index contributed by atoms with van der Waals surface area (Å²) in [6, 6.07) is 2.05. The van der Waals surface area contributed by atoms with Crippen LogP contribution in [0.3, 0.4) is 0 Å². The molecule has 0 saturated carbocycles. The van der Waals surface area contributed by atoms with Crippen molar-refractivity contribution in [2.75, 3.05) is 18.1 Å². The van der Waals surface area contributed by atoms with Gasteiger partial charge in [0.15, 0.2) is 0 Å². The van der Waals surface area contributed by atoms with Crippen LogP contribution in [0, 0.1) is 0 Å². The highest BCUT2D eigenvalue weighted by molar-refractivity contribution is 6.40. The van der Waals surface area contributed by atoms with Gasteiger partial charge in [0, 0.05) is 12.1 Å². The molecule has 2 aromatic heterocycles. The molecule has 1 aromatic carbocycles. The Balaban J connectivity index is 1.78. The molecule has 1 atom stereocenters. The molecular formula is C18H16ClF3N6O2. The van der Waals surface area contributed by atoms with Crippen molar-refractivity contribution in [1.29, 1.82) is 0 Å². The maximum Gasteiger partial charge on any atom is 0.416 e. The van der Waals surface area contributed by atoms with E-state index >= 15 is 0 Å². The second-order valence-electron chi connectivity index (χ2n) is 6.50. The number of hydrogen-bond acceptors (Lipinski definition) is 5. The third-order valence-electron chi connectivity index (χ3n) is 4.64. The van der Waals surface area contributed by atoms with Crippen molar-refractivity contribution in [3.8, 4) is 0 Å². The largest absolute Gasteiger partial charge is 0.416 e. The first-order chi connectivity index (χ1) is 14.0. The number of nitrogens with zero attached hydrogens (tertiary/aromatic N) is 3. The van der Waals surface area contributed by atoms with Crippen LogP contribution in [0.25, 0.3) is 10.9 Å². The standard InChI is InChI=1S/C18H16ClF3N6O2/c1-8(10-4-3-9(5-12(10)19)18(20,21)22)28(2)17(30)16(29)26-13-7-24-15(23)11-6-25-27-14(11)13/h3-8H,1-2H3,(H2,23,24)(H,25,27)(H,26,29). The minimum atomic E-state index is -4.54. The Kier molecular flexibility index (Phi) is 5.57. The highest BCUT2D eigenvalue weighted by atomic mass is 35.5. The molecule has 158 valence electrons. The third-order valence-corrected chi connectivity index (χ3v) is 4.97. The van der Waals surface area contributed by atoms with E-state index in [0.717, 1.165) is 17.0 Å². The zero-order valence-electron chi connectivity index (χ0n) is 15.7. The third kappa shape index (κ3) is 4.01. The molecule has 0 aliphatic rings. The smallest absolute Gasteiger partial charge is 0.383 e. The summed E-state index contributed by atoms with van der Waals surface area (Å²) in [6.07, 6.45) is -1.84. The van der Waals surface area contributed by atoms with Crippen molar-refractivity contribution in [3.63, 3.8) is 0 Å². The van der Waals surface area contributed by atoms with E-state index in [1.165, 1.54) is 32.4 Å². The number of hydrogen-bond donors (Lipinski definition) is 3. The first kappa shape index (κ1) is 21.4. The van der Waals surface area contributed by atoms with E-state index in [0.29, 0.717) is 10.9 Å². The number of likely N-dealkylation sites (N-methyl/N-ethyl adjacent to an activating group) is 1. The number of nitrogens with two attached hydrogens (primary N) is 1. The van der Waals surface area contributed by atoms with Gasteiger partial charge in [0.25, 0.3) is 0 Å². The van der Waals surface area contributed by atoms with Crippen molar-refractivity contribution in [3.05, 3.63) is 46.7 Å². The number of amides is 2. The molecule has 2 heterocycles. The lowest BCUT2D eigenvalue weighted by Crippen LogP contribution is -2.38. The molecule has 0 aliphatic carbocycles. The monoisotopic (exact) mass is 440 g/mol. The number of carbonyl (C=O) groups excluding carboxylic acids is 2. The topological polar surface area (TPSA) is 117 Å². The first-order valence-electron chi connectivity index (χ1n) is 8.53. The molecule has 2 amide bonds. The normalized spacial score (nSPS) is 12.6. The van der Waals surface area contributed by atoms with Crippen LogP contribution >= 0.6 is 11.6 Å². The van der Waals surface area contributed by atoms with Crippen molar-refractivity contribution in [2.24, 2.45) is 0 Å². The highest BCUT2D eigenvalue weighted by Crippen LogP contribution is 2.35. The molecule has 0 spiro atoms. The van der Waals surface area contributed by atoms with Crippen LogP contribution in [0.15, 0.2) is 30.6 Å². The summed E-state index contributed by atoms with van der Waals surface area (Å²) >= 11 is 5.99. The number of anilines is 2. The maximum atomic E-state index is 12.8. The number of pyridine rings is 1. The predicted molar refractivity (Wildman–Crippen MR) is 105 cm³/mol. The Labute approximate surface area is 173 Å². The van der Waals surface area contributed by atoms with Gasteiger partial charge in [0.2, 0.25) is 0 Å². The Bertz CT molecular complexity index is 1130. The zero-order chi connectivity index (χ0) is 22.2. The lowest BCUT2D eigenvalue weighted by molar-refractivity contribution is -0.143. The average molecular weight is 441 g/mol. The van der Waals surface area contributed by atoms with Gasteiger partial charge in [-0.15, -0.1) is 0 Å². The fourth-order valence-electron chi connectivity index (χ4n) is 2.81. The molecule has 0 radical (unpaired) electrons. The fraction of sp³-hybridized carbons (Fsp3) is 0.222. The summed E-state index contributed by atoms with van der Waals surface area (Å²) in [6.45, 7) is 1.54. The van der Waals surface area contributed by atoms with Gasteiger partial charge in [0.05, 0.1) is 40.6 Å². The molecule has 0 fully saturated rings. The summed E-state index contributed by atoms with van der Waals surface area (Å²) < 4.78 is 38.5. The fourth-order valence-corrected chi connectivity index (χ4v) is 3.15. The molecule has 0 aliphatic heterocycles. The highest BCUT2D eigenvalue weighted by Gasteiger charge is 2.32. The van der Waals surface area contributed by atoms with Crippen LogP contribution in [0.1, 0.15) is 24.1 Å². The summed E-state index contributed by atoms with van der Waals surface area (Å²) in [7, 11) is 1.34.